The molecule has 0 aromatic heterocycles. The highest BCUT2D eigenvalue weighted by Crippen LogP contribution is 2.36. The number of hydrogen-bond acceptors (Lipinski definition) is 4. The van der Waals surface area contributed by atoms with Crippen molar-refractivity contribution in [1.29, 1.82) is 0 Å². The summed E-state index contributed by atoms with van der Waals surface area (Å²) in [4.78, 5) is 26.6. The molecule has 2 amide bonds. The van der Waals surface area contributed by atoms with E-state index in [1.165, 1.54) is 29.2 Å². The van der Waals surface area contributed by atoms with Crippen molar-refractivity contribution in [3.8, 4) is 11.5 Å². The van der Waals surface area contributed by atoms with E-state index in [0.717, 1.165) is 5.56 Å². The Morgan fingerprint density at radius 3 is 2.68 bits per heavy atom. The fourth-order valence-corrected chi connectivity index (χ4v) is 3.52. The molecule has 3 rings (SSSR count). The molecular weight excluding hydrogens is 413 g/mol. The fourth-order valence-electron chi connectivity index (χ4n) is 3.52. The highest BCUT2D eigenvalue weighted by Gasteiger charge is 2.36. The number of hydrogen-bond donors (Lipinski definition) is 1. The molecule has 31 heavy (non-hydrogen) atoms. The number of benzene rings is 2. The zero-order valence-corrected chi connectivity index (χ0v) is 17.1. The third-order valence-corrected chi connectivity index (χ3v) is 5.05. The molecule has 1 N–H and O–H groups in total. The lowest BCUT2D eigenvalue weighted by atomic mass is 9.98. The van der Waals surface area contributed by atoms with Crippen molar-refractivity contribution in [2.45, 2.75) is 38.8 Å². The molecule has 166 valence electrons. The van der Waals surface area contributed by atoms with E-state index in [0.29, 0.717) is 5.69 Å². The van der Waals surface area contributed by atoms with Crippen molar-refractivity contribution in [3.63, 3.8) is 0 Å². The van der Waals surface area contributed by atoms with Crippen molar-refractivity contribution in [2.75, 3.05) is 18.5 Å². The maximum atomic E-state index is 13.3. The summed E-state index contributed by atoms with van der Waals surface area (Å²) in [7, 11) is 0. The molecule has 6 nitrogen and oxygen atoms in total. The second-order valence-electron chi connectivity index (χ2n) is 7.14. The summed E-state index contributed by atoms with van der Waals surface area (Å²) in [5.41, 5.74) is 1.02. The van der Waals surface area contributed by atoms with Gasteiger partial charge in [0, 0.05) is 24.6 Å². The van der Waals surface area contributed by atoms with E-state index in [2.05, 4.69) is 10.1 Å². The predicted molar refractivity (Wildman–Crippen MR) is 108 cm³/mol. The first-order chi connectivity index (χ1) is 14.8. The molecule has 1 saturated heterocycles. The summed E-state index contributed by atoms with van der Waals surface area (Å²) >= 11 is 0. The Labute approximate surface area is 177 Å². The van der Waals surface area contributed by atoms with Gasteiger partial charge in [0.1, 0.15) is 11.9 Å². The number of rotatable bonds is 8. The summed E-state index contributed by atoms with van der Waals surface area (Å²) in [6.07, 6.45) is 0.165. The van der Waals surface area contributed by atoms with Gasteiger partial charge in [-0.25, -0.2) is 4.39 Å². The summed E-state index contributed by atoms with van der Waals surface area (Å²) in [6.45, 7) is 0.873. The highest BCUT2D eigenvalue weighted by atomic mass is 19.3. The SMILES string of the molecule is CCOc1cc([C@@H]2CC(=O)N([C@@H](C)C(=O)Nc3cccc(F)c3)C2)ccc1OC(F)F. The van der Waals surface area contributed by atoms with E-state index in [9.17, 15) is 22.8 Å². The number of carbonyl (C=O) groups is 2. The van der Waals surface area contributed by atoms with E-state index in [4.69, 9.17) is 4.74 Å². The van der Waals surface area contributed by atoms with E-state index < -0.39 is 24.4 Å². The van der Waals surface area contributed by atoms with Crippen molar-refractivity contribution >= 4 is 17.5 Å². The molecule has 2 aromatic carbocycles. The molecule has 1 aliphatic rings. The lowest BCUT2D eigenvalue weighted by molar-refractivity contribution is -0.134. The number of nitrogens with zero attached hydrogens (tertiary/aromatic N) is 1. The molecule has 1 heterocycles. The second-order valence-corrected chi connectivity index (χ2v) is 7.14. The third kappa shape index (κ3) is 5.48. The largest absolute Gasteiger partial charge is 0.490 e. The monoisotopic (exact) mass is 436 g/mol. The van der Waals surface area contributed by atoms with Crippen molar-refractivity contribution in [2.24, 2.45) is 0 Å². The van der Waals surface area contributed by atoms with E-state index in [-0.39, 0.29) is 42.9 Å². The van der Waals surface area contributed by atoms with Crippen LogP contribution in [0, 0.1) is 5.82 Å². The highest BCUT2D eigenvalue weighted by molar-refractivity contribution is 5.97. The molecule has 0 saturated carbocycles. The minimum absolute atomic E-state index is 0.0791. The van der Waals surface area contributed by atoms with Crippen LogP contribution in [0.15, 0.2) is 42.5 Å². The van der Waals surface area contributed by atoms with Crippen LogP contribution in [-0.4, -0.2) is 42.5 Å². The van der Waals surface area contributed by atoms with Crippen LogP contribution in [-0.2, 0) is 9.59 Å². The first-order valence-corrected chi connectivity index (χ1v) is 9.86. The number of anilines is 1. The summed E-state index contributed by atoms with van der Waals surface area (Å²) in [5, 5.41) is 2.61. The fraction of sp³-hybridized carbons (Fsp3) is 0.364. The van der Waals surface area contributed by atoms with Crippen LogP contribution in [0.5, 0.6) is 11.5 Å². The average molecular weight is 436 g/mol. The molecule has 2 aromatic rings. The quantitative estimate of drug-likeness (QED) is 0.675. The molecule has 1 fully saturated rings. The normalized spacial score (nSPS) is 17.0. The zero-order chi connectivity index (χ0) is 22.5. The Bertz CT molecular complexity index is 954. The third-order valence-electron chi connectivity index (χ3n) is 5.05. The first kappa shape index (κ1) is 22.5. The minimum atomic E-state index is -2.98. The van der Waals surface area contributed by atoms with E-state index in [1.807, 2.05) is 0 Å². The number of amides is 2. The lowest BCUT2D eigenvalue weighted by Crippen LogP contribution is -2.42. The van der Waals surface area contributed by atoms with Gasteiger partial charge in [-0.3, -0.25) is 9.59 Å². The topological polar surface area (TPSA) is 67.9 Å². The Morgan fingerprint density at radius 2 is 2.00 bits per heavy atom. The maximum Gasteiger partial charge on any atom is 0.387 e. The van der Waals surface area contributed by atoms with Gasteiger partial charge in [0.25, 0.3) is 0 Å². The number of carbonyl (C=O) groups excluding carboxylic acids is 2. The van der Waals surface area contributed by atoms with Crippen molar-refractivity contribution in [3.05, 3.63) is 53.8 Å². The number of nitrogens with one attached hydrogen (secondary N) is 1. The minimum Gasteiger partial charge on any atom is -0.490 e. The van der Waals surface area contributed by atoms with Gasteiger partial charge < -0.3 is 19.7 Å². The Morgan fingerprint density at radius 1 is 1.23 bits per heavy atom. The van der Waals surface area contributed by atoms with E-state index in [1.54, 1.807) is 32.0 Å². The lowest BCUT2D eigenvalue weighted by Gasteiger charge is -2.24. The number of halogens is 3. The average Bonchev–Trinajstić information content (AvgIpc) is 3.10. The smallest absolute Gasteiger partial charge is 0.387 e. The molecule has 9 heteroatoms. The molecule has 2 atom stereocenters. The standard InChI is InChI=1S/C22H23F3N2O4/c1-3-30-19-9-14(7-8-18(19)31-22(24)25)15-10-20(28)27(12-15)13(2)21(29)26-17-6-4-5-16(23)11-17/h4-9,11,13,15,22H,3,10,12H2,1-2H3,(H,26,29)/t13-,15+/m0/s1. The second kappa shape index (κ2) is 9.72. The Kier molecular flexibility index (Phi) is 7.04. The molecular formula is C22H23F3N2O4. The van der Waals surface area contributed by atoms with Crippen LogP contribution in [0.25, 0.3) is 0 Å². The van der Waals surface area contributed by atoms with Gasteiger partial charge in [0.15, 0.2) is 11.5 Å². The van der Waals surface area contributed by atoms with Gasteiger partial charge in [-0.15, -0.1) is 0 Å². The predicted octanol–water partition coefficient (Wildman–Crippen LogP) is 4.17. The van der Waals surface area contributed by atoms with Crippen LogP contribution < -0.4 is 14.8 Å². The van der Waals surface area contributed by atoms with Crippen LogP contribution in [0.2, 0.25) is 0 Å². The van der Waals surface area contributed by atoms with Gasteiger partial charge in [0.2, 0.25) is 11.8 Å². The van der Waals surface area contributed by atoms with Crippen LogP contribution in [0.3, 0.4) is 0 Å². The van der Waals surface area contributed by atoms with Crippen LogP contribution in [0.4, 0.5) is 18.9 Å². The van der Waals surface area contributed by atoms with Crippen molar-refractivity contribution < 1.29 is 32.2 Å². The van der Waals surface area contributed by atoms with Gasteiger partial charge >= 0.3 is 6.61 Å². The van der Waals surface area contributed by atoms with Crippen LogP contribution in [0.1, 0.15) is 31.7 Å². The number of likely N-dealkylation sites (tertiary alicyclic amines) is 1. The van der Waals surface area contributed by atoms with Gasteiger partial charge in [0.05, 0.1) is 6.61 Å². The van der Waals surface area contributed by atoms with E-state index >= 15 is 0 Å². The summed E-state index contributed by atoms with van der Waals surface area (Å²) < 4.78 is 48.4. The Hall–Kier alpha value is -3.23. The maximum absolute atomic E-state index is 13.3. The zero-order valence-electron chi connectivity index (χ0n) is 17.1. The molecule has 0 unspecified atom stereocenters. The van der Waals surface area contributed by atoms with Gasteiger partial charge in [-0.2, -0.15) is 8.78 Å². The summed E-state index contributed by atoms with van der Waals surface area (Å²) in [6, 6.07) is 9.30. The number of ether oxygens (including phenoxy) is 2. The van der Waals surface area contributed by atoms with Gasteiger partial charge in [-0.1, -0.05) is 12.1 Å². The molecule has 0 bridgehead atoms. The number of alkyl halides is 2. The first-order valence-electron chi connectivity index (χ1n) is 9.86. The molecule has 0 aliphatic carbocycles. The van der Waals surface area contributed by atoms with Crippen LogP contribution >= 0.6 is 0 Å². The molecule has 0 spiro atoms. The van der Waals surface area contributed by atoms with Gasteiger partial charge in [-0.05, 0) is 49.7 Å². The molecule has 1 aliphatic heterocycles. The van der Waals surface area contributed by atoms with Crippen molar-refractivity contribution in [1.82, 2.24) is 4.90 Å². The Balaban J connectivity index is 1.71. The molecule has 0 radical (unpaired) electrons. The summed E-state index contributed by atoms with van der Waals surface area (Å²) in [5.74, 6) is -1.27.